The number of fused-ring (bicyclic) bond motifs is 1. The van der Waals surface area contributed by atoms with Gasteiger partial charge in [0.15, 0.2) is 11.6 Å². The number of aliphatic hydroxyl groups excluding tert-OH is 2. The zero-order valence-electron chi connectivity index (χ0n) is 19.0. The van der Waals surface area contributed by atoms with Crippen LogP contribution in [0.1, 0.15) is 12.1 Å². The molecule has 4 aromatic rings. The van der Waals surface area contributed by atoms with Crippen LogP contribution in [0.3, 0.4) is 0 Å². The molecule has 1 fully saturated rings. The molecule has 12 heteroatoms. The van der Waals surface area contributed by atoms with Gasteiger partial charge in [0.05, 0.1) is 19.3 Å². The number of carbonyl (C=O) groups excluding carboxylic acids is 1. The van der Waals surface area contributed by atoms with Gasteiger partial charge in [-0.1, -0.05) is 0 Å². The summed E-state index contributed by atoms with van der Waals surface area (Å²) >= 11 is 1.41. The molecule has 3 aromatic heterocycles. The molecule has 2 atom stereocenters. The quantitative estimate of drug-likeness (QED) is 0.248. The number of hydrogen-bond donors (Lipinski definition) is 5. The van der Waals surface area contributed by atoms with E-state index in [0.717, 1.165) is 16.1 Å². The van der Waals surface area contributed by atoms with Crippen LogP contribution in [0.15, 0.2) is 58.7 Å². The van der Waals surface area contributed by atoms with E-state index in [1.807, 2.05) is 55.6 Å². The highest BCUT2D eigenvalue weighted by molar-refractivity contribution is 7.99. The third-order valence-electron chi connectivity index (χ3n) is 5.73. The average molecular weight is 495 g/mol. The average Bonchev–Trinajstić information content (AvgIpc) is 3.55. The van der Waals surface area contributed by atoms with Gasteiger partial charge in [0.2, 0.25) is 11.1 Å². The third-order valence-corrected chi connectivity index (χ3v) is 6.60. The van der Waals surface area contributed by atoms with E-state index in [2.05, 4.69) is 30.9 Å². The number of aromatic amines is 1. The molecule has 1 aliphatic heterocycles. The number of carbonyl (C=O) groups is 1. The van der Waals surface area contributed by atoms with Gasteiger partial charge < -0.3 is 20.8 Å². The lowest BCUT2D eigenvalue weighted by Crippen LogP contribution is -2.38. The minimum Gasteiger partial charge on any atom is -0.395 e. The summed E-state index contributed by atoms with van der Waals surface area (Å²) in [5, 5.41) is 37.6. The van der Waals surface area contributed by atoms with Crippen molar-refractivity contribution in [2.45, 2.75) is 35.5 Å². The fourth-order valence-corrected chi connectivity index (χ4v) is 4.84. The molecule has 182 valence electrons. The van der Waals surface area contributed by atoms with Crippen LogP contribution in [0.4, 0.5) is 17.3 Å². The largest absolute Gasteiger partial charge is 0.395 e. The molecule has 0 radical (unpaired) electrons. The summed E-state index contributed by atoms with van der Waals surface area (Å²) in [6.45, 7) is 2.36. The highest BCUT2D eigenvalue weighted by atomic mass is 32.2. The highest BCUT2D eigenvalue weighted by Gasteiger charge is 2.31. The number of benzene rings is 1. The molecule has 4 heterocycles. The van der Waals surface area contributed by atoms with Crippen LogP contribution in [0.5, 0.6) is 0 Å². The zero-order valence-corrected chi connectivity index (χ0v) is 19.9. The molecule has 1 amide bonds. The minimum absolute atomic E-state index is 0.0777. The summed E-state index contributed by atoms with van der Waals surface area (Å²) in [4.78, 5) is 19.8. The topological polar surface area (TPSA) is 144 Å². The van der Waals surface area contributed by atoms with Crippen molar-refractivity contribution in [3.05, 3.63) is 54.4 Å². The monoisotopic (exact) mass is 494 g/mol. The van der Waals surface area contributed by atoms with E-state index in [0.29, 0.717) is 35.4 Å². The van der Waals surface area contributed by atoms with Crippen molar-refractivity contribution in [1.29, 1.82) is 0 Å². The molecule has 5 rings (SSSR count). The molecule has 11 nitrogen and oxygen atoms in total. The highest BCUT2D eigenvalue weighted by Crippen LogP contribution is 2.29. The van der Waals surface area contributed by atoms with Crippen LogP contribution >= 0.6 is 11.8 Å². The molecule has 0 spiro atoms. The number of amides is 1. The molecule has 35 heavy (non-hydrogen) atoms. The Morgan fingerprint density at radius 2 is 2.11 bits per heavy atom. The SMILES string of the molecule is Cc1cc(Nc2nc(Sc3ccc(NC(=O)CN4C[C@H](O)C[C@@H]4CO)cc3)nn3cccc23)n[nH]1. The van der Waals surface area contributed by atoms with Crippen LogP contribution in [-0.4, -0.2) is 77.7 Å². The standard InChI is InChI=1S/C23H26N8O3S/c1-14-9-20(28-27-14)25-22-19-3-2-8-31(19)29-23(26-22)35-18-6-4-15(5-7-18)24-21(34)12-30-11-17(33)10-16(30)13-32/h2-9,16-17,32-33H,10-13H2,1H3,(H,24,34)(H2,25,26,27,28,29)/t16-,17-/m1/s1. The Labute approximate surface area is 205 Å². The Morgan fingerprint density at radius 1 is 1.29 bits per heavy atom. The first kappa shape index (κ1) is 23.3. The summed E-state index contributed by atoms with van der Waals surface area (Å²) in [5.41, 5.74) is 2.45. The lowest BCUT2D eigenvalue weighted by molar-refractivity contribution is -0.117. The van der Waals surface area contributed by atoms with Gasteiger partial charge in [-0.15, -0.1) is 5.10 Å². The van der Waals surface area contributed by atoms with E-state index < -0.39 is 6.10 Å². The van der Waals surface area contributed by atoms with E-state index in [4.69, 9.17) is 0 Å². The summed E-state index contributed by atoms with van der Waals surface area (Å²) in [5.74, 6) is 1.13. The molecule has 1 saturated heterocycles. The van der Waals surface area contributed by atoms with Crippen molar-refractivity contribution < 1.29 is 15.0 Å². The first-order chi connectivity index (χ1) is 17.0. The van der Waals surface area contributed by atoms with Crippen molar-refractivity contribution in [1.82, 2.24) is 29.7 Å². The van der Waals surface area contributed by atoms with Gasteiger partial charge in [-0.3, -0.25) is 14.8 Å². The van der Waals surface area contributed by atoms with Gasteiger partial charge in [-0.25, -0.2) is 9.50 Å². The van der Waals surface area contributed by atoms with E-state index in [1.54, 1.807) is 9.42 Å². The van der Waals surface area contributed by atoms with Crippen LogP contribution in [0, 0.1) is 6.92 Å². The number of nitrogens with zero attached hydrogens (tertiary/aromatic N) is 5. The van der Waals surface area contributed by atoms with Crippen molar-refractivity contribution in [2.24, 2.45) is 0 Å². The number of hydrogen-bond acceptors (Lipinski definition) is 9. The molecule has 1 aliphatic rings. The van der Waals surface area contributed by atoms with Crippen molar-refractivity contribution in [3.63, 3.8) is 0 Å². The molecule has 1 aromatic carbocycles. The summed E-state index contributed by atoms with van der Waals surface area (Å²) in [7, 11) is 0. The molecule has 0 saturated carbocycles. The fourth-order valence-electron chi connectivity index (χ4n) is 4.09. The maximum Gasteiger partial charge on any atom is 0.238 e. The first-order valence-corrected chi connectivity index (χ1v) is 12.0. The third kappa shape index (κ3) is 5.46. The first-order valence-electron chi connectivity index (χ1n) is 11.2. The van der Waals surface area contributed by atoms with Gasteiger partial charge in [-0.2, -0.15) is 5.10 Å². The van der Waals surface area contributed by atoms with Crippen molar-refractivity contribution >= 4 is 40.5 Å². The Hall–Kier alpha value is -3.45. The number of anilines is 3. The van der Waals surface area contributed by atoms with Crippen LogP contribution in [-0.2, 0) is 4.79 Å². The van der Waals surface area contributed by atoms with E-state index >= 15 is 0 Å². The Bertz CT molecular complexity index is 1320. The maximum absolute atomic E-state index is 12.4. The predicted octanol–water partition coefficient (Wildman–Crippen LogP) is 2.02. The number of aliphatic hydroxyl groups is 2. The van der Waals surface area contributed by atoms with Crippen LogP contribution in [0.25, 0.3) is 5.52 Å². The summed E-state index contributed by atoms with van der Waals surface area (Å²) in [6, 6.07) is 13.0. The number of rotatable bonds is 8. The second-order valence-electron chi connectivity index (χ2n) is 8.47. The van der Waals surface area contributed by atoms with Crippen molar-refractivity contribution in [3.8, 4) is 0 Å². The normalized spacial score (nSPS) is 18.3. The predicted molar refractivity (Wildman–Crippen MR) is 132 cm³/mol. The second-order valence-corrected chi connectivity index (χ2v) is 9.51. The molecule has 5 N–H and O–H groups in total. The number of aryl methyl sites for hydroxylation is 1. The number of aromatic nitrogens is 5. The summed E-state index contributed by atoms with van der Waals surface area (Å²) < 4.78 is 1.76. The Kier molecular flexibility index (Phi) is 6.68. The number of nitrogens with one attached hydrogen (secondary N) is 3. The van der Waals surface area contributed by atoms with E-state index in [1.165, 1.54) is 11.8 Å². The fraction of sp³-hybridized carbons (Fsp3) is 0.304. The van der Waals surface area contributed by atoms with Crippen molar-refractivity contribution in [2.75, 3.05) is 30.3 Å². The second kappa shape index (κ2) is 10.0. The number of H-pyrrole nitrogens is 1. The lowest BCUT2D eigenvalue weighted by Gasteiger charge is -2.21. The Balaban J connectivity index is 1.24. The van der Waals surface area contributed by atoms with E-state index in [9.17, 15) is 15.0 Å². The molecular formula is C23H26N8O3S. The van der Waals surface area contributed by atoms with Gasteiger partial charge in [0.1, 0.15) is 5.52 Å². The van der Waals surface area contributed by atoms with Gasteiger partial charge in [-0.05, 0) is 61.5 Å². The van der Waals surface area contributed by atoms with Gasteiger partial charge in [0, 0.05) is 41.1 Å². The van der Waals surface area contributed by atoms with Gasteiger partial charge in [0.25, 0.3) is 0 Å². The van der Waals surface area contributed by atoms with E-state index in [-0.39, 0.29) is 25.1 Å². The lowest BCUT2D eigenvalue weighted by atomic mass is 10.2. The number of β-amino-alcohol motifs (C(OH)–C–C–N with tert-alkyl or cyclic N) is 1. The smallest absolute Gasteiger partial charge is 0.238 e. The minimum atomic E-state index is -0.511. The van der Waals surface area contributed by atoms with Crippen LogP contribution < -0.4 is 10.6 Å². The van der Waals surface area contributed by atoms with Crippen LogP contribution in [0.2, 0.25) is 0 Å². The Morgan fingerprint density at radius 3 is 2.86 bits per heavy atom. The zero-order chi connectivity index (χ0) is 24.4. The molecular weight excluding hydrogens is 468 g/mol. The van der Waals surface area contributed by atoms with Gasteiger partial charge >= 0.3 is 0 Å². The number of likely N-dealkylation sites (tertiary alicyclic amines) is 1. The maximum atomic E-state index is 12.4. The molecule has 0 unspecified atom stereocenters. The summed E-state index contributed by atoms with van der Waals surface area (Å²) in [6.07, 6.45) is 1.83. The molecule has 0 aliphatic carbocycles. The molecule has 0 bridgehead atoms.